The van der Waals surface area contributed by atoms with E-state index >= 15 is 0 Å². The van der Waals surface area contributed by atoms with Crippen LogP contribution in [0.2, 0.25) is 0 Å². The number of halogens is 2. The monoisotopic (exact) mass is 367 g/mol. The lowest BCUT2D eigenvalue weighted by Gasteiger charge is -2.25. The summed E-state index contributed by atoms with van der Waals surface area (Å²) in [4.78, 5) is 20.6. The van der Waals surface area contributed by atoms with Crippen LogP contribution in [0.4, 0.5) is 8.78 Å². The fraction of sp³-hybridized carbons (Fsp3) is 0.412. The third-order valence-electron chi connectivity index (χ3n) is 3.97. The lowest BCUT2D eigenvalue weighted by molar-refractivity contribution is 0.0341. The molecule has 0 N–H and O–H groups in total. The van der Waals surface area contributed by atoms with E-state index < -0.39 is 11.6 Å². The van der Waals surface area contributed by atoms with Gasteiger partial charge < -0.3 is 9.64 Å². The first-order valence-corrected chi connectivity index (χ1v) is 8.85. The number of hydrogen-bond donors (Lipinski definition) is 0. The Morgan fingerprint density at radius 3 is 2.80 bits per heavy atom. The molecule has 0 aliphatic carbocycles. The van der Waals surface area contributed by atoms with Crippen molar-refractivity contribution in [2.24, 2.45) is 0 Å². The van der Waals surface area contributed by atoms with E-state index in [1.165, 1.54) is 11.0 Å². The molecule has 5 nitrogen and oxygen atoms in total. The molecular weight excluding hydrogens is 348 g/mol. The summed E-state index contributed by atoms with van der Waals surface area (Å²) in [5, 5.41) is 2.91. The number of thiazole rings is 1. The van der Waals surface area contributed by atoms with Crippen molar-refractivity contribution in [1.82, 2.24) is 14.8 Å². The zero-order valence-electron chi connectivity index (χ0n) is 13.9. The quantitative estimate of drug-likeness (QED) is 0.815. The van der Waals surface area contributed by atoms with Crippen LogP contribution in [0, 0.1) is 11.6 Å². The van der Waals surface area contributed by atoms with Crippen LogP contribution in [0.5, 0.6) is 0 Å². The first kappa shape index (κ1) is 17.9. The molecule has 1 aliphatic heterocycles. The molecule has 1 saturated heterocycles. The van der Waals surface area contributed by atoms with Crippen molar-refractivity contribution in [3.05, 3.63) is 51.5 Å². The van der Waals surface area contributed by atoms with Gasteiger partial charge in [0.15, 0.2) is 11.6 Å². The molecule has 2 aromatic rings. The van der Waals surface area contributed by atoms with Crippen molar-refractivity contribution < 1.29 is 18.3 Å². The van der Waals surface area contributed by atoms with Crippen LogP contribution in [0.3, 0.4) is 0 Å². The molecule has 3 rings (SSSR count). The summed E-state index contributed by atoms with van der Waals surface area (Å²) in [6.45, 7) is 4.35. The topological polar surface area (TPSA) is 45.7 Å². The molecule has 1 fully saturated rings. The lowest BCUT2D eigenvalue weighted by atomic mass is 10.2. The highest BCUT2D eigenvalue weighted by Crippen LogP contribution is 2.16. The second kappa shape index (κ2) is 7.99. The predicted molar refractivity (Wildman–Crippen MR) is 90.4 cm³/mol. The number of benzene rings is 1. The fourth-order valence-electron chi connectivity index (χ4n) is 2.61. The predicted octanol–water partition coefficient (Wildman–Crippen LogP) is 2.53. The highest BCUT2D eigenvalue weighted by Gasteiger charge is 2.17. The van der Waals surface area contributed by atoms with E-state index in [1.807, 2.05) is 5.38 Å². The van der Waals surface area contributed by atoms with Gasteiger partial charge in [0.05, 0.1) is 32.0 Å². The molecule has 134 valence electrons. The van der Waals surface area contributed by atoms with Gasteiger partial charge in [0.25, 0.3) is 5.91 Å². The highest BCUT2D eigenvalue weighted by molar-refractivity contribution is 7.09. The number of aromatic nitrogens is 1. The Morgan fingerprint density at radius 1 is 1.32 bits per heavy atom. The maximum atomic E-state index is 13.3. The first-order chi connectivity index (χ1) is 12.0. The molecule has 0 bridgehead atoms. The van der Waals surface area contributed by atoms with Gasteiger partial charge in [-0.2, -0.15) is 0 Å². The molecule has 0 saturated carbocycles. The van der Waals surface area contributed by atoms with Gasteiger partial charge in [-0.3, -0.25) is 9.69 Å². The average Bonchev–Trinajstić information content (AvgIpc) is 3.04. The Labute approximate surface area is 148 Å². The number of rotatable bonds is 5. The van der Waals surface area contributed by atoms with Gasteiger partial charge in [0.1, 0.15) is 5.01 Å². The van der Waals surface area contributed by atoms with Crippen LogP contribution in [0.15, 0.2) is 23.6 Å². The molecule has 8 heteroatoms. The van der Waals surface area contributed by atoms with Crippen LogP contribution in [0.1, 0.15) is 21.1 Å². The Hall–Kier alpha value is -1.90. The van der Waals surface area contributed by atoms with Crippen LogP contribution < -0.4 is 0 Å². The summed E-state index contributed by atoms with van der Waals surface area (Å²) in [6.07, 6.45) is 0. The molecule has 1 aromatic heterocycles. The number of nitrogens with zero attached hydrogens (tertiary/aromatic N) is 3. The third-order valence-corrected chi connectivity index (χ3v) is 4.86. The van der Waals surface area contributed by atoms with Gasteiger partial charge in [0.2, 0.25) is 0 Å². The molecule has 0 atom stereocenters. The average molecular weight is 367 g/mol. The van der Waals surface area contributed by atoms with Crippen LogP contribution in [-0.4, -0.2) is 54.0 Å². The van der Waals surface area contributed by atoms with Crippen molar-refractivity contribution in [3.63, 3.8) is 0 Å². The SMILES string of the molecule is CN(Cc1csc(CN2CCOCC2)n1)C(=O)c1ccc(F)c(F)c1. The van der Waals surface area contributed by atoms with Gasteiger partial charge >= 0.3 is 0 Å². The first-order valence-electron chi connectivity index (χ1n) is 7.97. The second-order valence-electron chi connectivity index (χ2n) is 5.91. The van der Waals surface area contributed by atoms with Gasteiger partial charge in [-0.1, -0.05) is 0 Å². The van der Waals surface area contributed by atoms with Gasteiger partial charge in [0, 0.05) is 31.1 Å². The van der Waals surface area contributed by atoms with Crippen molar-refractivity contribution in [2.45, 2.75) is 13.1 Å². The van der Waals surface area contributed by atoms with Crippen molar-refractivity contribution in [1.29, 1.82) is 0 Å². The van der Waals surface area contributed by atoms with E-state index in [1.54, 1.807) is 18.4 Å². The number of ether oxygens (including phenoxy) is 1. The number of morpholine rings is 1. The number of carbonyl (C=O) groups excluding carboxylic acids is 1. The summed E-state index contributed by atoms with van der Waals surface area (Å²) in [6, 6.07) is 3.15. The zero-order valence-corrected chi connectivity index (χ0v) is 14.7. The number of carbonyl (C=O) groups is 1. The largest absolute Gasteiger partial charge is 0.379 e. The maximum absolute atomic E-state index is 13.3. The molecule has 0 radical (unpaired) electrons. The summed E-state index contributed by atoms with van der Waals surface area (Å²) in [7, 11) is 1.62. The van der Waals surface area contributed by atoms with Gasteiger partial charge in [-0.05, 0) is 18.2 Å². The van der Waals surface area contributed by atoms with Crippen LogP contribution >= 0.6 is 11.3 Å². The normalized spacial score (nSPS) is 15.3. The van der Waals surface area contributed by atoms with Crippen molar-refractivity contribution >= 4 is 17.2 Å². The van der Waals surface area contributed by atoms with E-state index in [2.05, 4.69) is 9.88 Å². The summed E-state index contributed by atoms with van der Waals surface area (Å²) in [5.74, 6) is -2.37. The smallest absolute Gasteiger partial charge is 0.254 e. The van der Waals surface area contributed by atoms with Gasteiger partial charge in [-0.15, -0.1) is 11.3 Å². The van der Waals surface area contributed by atoms with Crippen LogP contribution in [-0.2, 0) is 17.8 Å². The van der Waals surface area contributed by atoms with E-state index in [0.29, 0.717) is 6.54 Å². The Kier molecular flexibility index (Phi) is 5.72. The Bertz CT molecular complexity index is 747. The minimum absolute atomic E-state index is 0.116. The molecular formula is C17H19F2N3O2S. The minimum atomic E-state index is -1.03. The Balaban J connectivity index is 1.59. The molecule has 0 unspecified atom stereocenters. The van der Waals surface area contributed by atoms with E-state index in [9.17, 15) is 13.6 Å². The second-order valence-corrected chi connectivity index (χ2v) is 6.85. The lowest BCUT2D eigenvalue weighted by Crippen LogP contribution is -2.35. The van der Waals surface area contributed by atoms with Crippen molar-refractivity contribution in [2.75, 3.05) is 33.4 Å². The third kappa shape index (κ3) is 4.59. The van der Waals surface area contributed by atoms with Crippen LogP contribution in [0.25, 0.3) is 0 Å². The molecule has 2 heterocycles. The highest BCUT2D eigenvalue weighted by atomic mass is 32.1. The van der Waals surface area contributed by atoms with Crippen molar-refractivity contribution in [3.8, 4) is 0 Å². The minimum Gasteiger partial charge on any atom is -0.379 e. The molecule has 1 amide bonds. The number of amides is 1. The van der Waals surface area contributed by atoms with E-state index in [-0.39, 0.29) is 11.5 Å². The fourth-order valence-corrected chi connectivity index (χ4v) is 3.44. The summed E-state index contributed by atoms with van der Waals surface area (Å²) >= 11 is 1.56. The maximum Gasteiger partial charge on any atom is 0.254 e. The molecule has 0 spiro atoms. The molecule has 1 aromatic carbocycles. The van der Waals surface area contributed by atoms with E-state index in [0.717, 1.165) is 55.7 Å². The Morgan fingerprint density at radius 2 is 2.08 bits per heavy atom. The zero-order chi connectivity index (χ0) is 17.8. The molecule has 1 aliphatic rings. The summed E-state index contributed by atoms with van der Waals surface area (Å²) < 4.78 is 31.6. The van der Waals surface area contributed by atoms with E-state index in [4.69, 9.17) is 4.74 Å². The summed E-state index contributed by atoms with van der Waals surface area (Å²) in [5.41, 5.74) is 0.900. The van der Waals surface area contributed by atoms with Gasteiger partial charge in [-0.25, -0.2) is 13.8 Å². The number of hydrogen-bond acceptors (Lipinski definition) is 5. The standard InChI is InChI=1S/C17H19F2N3O2S/c1-21(17(23)12-2-3-14(18)15(19)8-12)9-13-11-25-16(20-13)10-22-4-6-24-7-5-22/h2-3,8,11H,4-7,9-10H2,1H3. The molecule has 25 heavy (non-hydrogen) atoms.